The summed E-state index contributed by atoms with van der Waals surface area (Å²) in [6.45, 7) is 0.699. The molecule has 2 N–H and O–H groups in total. The van der Waals surface area contributed by atoms with Crippen LogP contribution in [0, 0.1) is 0 Å². The average Bonchev–Trinajstić information content (AvgIpc) is 2.97. The average molecular weight is 380 g/mol. The van der Waals surface area contributed by atoms with E-state index in [0.717, 1.165) is 0 Å². The number of nitrogens with two attached hydrogens (primary N) is 1. The molecule has 2 atom stereocenters. The number of hydrogen-bond donors (Lipinski definition) is 1. The summed E-state index contributed by atoms with van der Waals surface area (Å²) in [6, 6.07) is 14.3. The maximum Gasteiger partial charge on any atom is 0.573 e. The molecule has 0 bridgehead atoms. The third-order valence-corrected chi connectivity index (χ3v) is 4.26. The van der Waals surface area contributed by atoms with Gasteiger partial charge in [-0.25, -0.2) is 0 Å². The van der Waals surface area contributed by atoms with Gasteiger partial charge in [-0.05, 0) is 29.8 Å². The van der Waals surface area contributed by atoms with Crippen LogP contribution in [-0.2, 0) is 11.3 Å². The molecule has 3 rings (SSSR count). The lowest BCUT2D eigenvalue weighted by molar-refractivity contribution is -0.274. The summed E-state index contributed by atoms with van der Waals surface area (Å²) in [5.74, 6) is -0.100. The Morgan fingerprint density at radius 2 is 1.81 bits per heavy atom. The Hall–Kier alpha value is -2.74. The summed E-state index contributed by atoms with van der Waals surface area (Å²) in [4.78, 5) is 13.6. The fourth-order valence-electron chi connectivity index (χ4n) is 3.18. The number of carbonyl (C=O) groups excluding carboxylic acids is 1. The topological polar surface area (TPSA) is 64.8 Å². The zero-order chi connectivity index (χ0) is 19.4. The van der Waals surface area contributed by atoms with E-state index in [9.17, 15) is 18.0 Å². The summed E-state index contributed by atoms with van der Waals surface area (Å²) >= 11 is 0. The van der Waals surface area contributed by atoms with Gasteiger partial charge in [-0.15, -0.1) is 13.2 Å². The zero-order valence-corrected chi connectivity index (χ0v) is 14.4. The number of halogens is 3. The number of hydrogen-bond acceptors (Lipinski definition) is 4. The fourth-order valence-corrected chi connectivity index (χ4v) is 3.18. The molecule has 0 radical (unpaired) electrons. The summed E-state index contributed by atoms with van der Waals surface area (Å²) in [7, 11) is 0. The Morgan fingerprint density at radius 1 is 1.11 bits per heavy atom. The van der Waals surface area contributed by atoms with Crippen molar-refractivity contribution in [2.24, 2.45) is 5.73 Å². The van der Waals surface area contributed by atoms with E-state index in [1.807, 2.05) is 35.2 Å². The highest BCUT2D eigenvalue weighted by Crippen LogP contribution is 2.27. The molecular weight excluding hydrogens is 361 g/mol. The van der Waals surface area contributed by atoms with Crippen molar-refractivity contribution in [1.82, 2.24) is 4.90 Å². The first-order chi connectivity index (χ1) is 12.8. The van der Waals surface area contributed by atoms with E-state index in [4.69, 9.17) is 10.5 Å². The molecule has 0 unspecified atom stereocenters. The van der Waals surface area contributed by atoms with Gasteiger partial charge in [-0.3, -0.25) is 9.69 Å². The third kappa shape index (κ3) is 5.37. The number of nitrogens with zero attached hydrogens (tertiary/aromatic N) is 1. The molecule has 2 aromatic carbocycles. The molecule has 1 saturated heterocycles. The quantitative estimate of drug-likeness (QED) is 0.837. The minimum Gasteiger partial charge on any atom is -0.489 e. The molecule has 0 aromatic heterocycles. The summed E-state index contributed by atoms with van der Waals surface area (Å²) in [5.41, 5.74) is 6.09. The first-order valence-electron chi connectivity index (χ1n) is 8.40. The van der Waals surface area contributed by atoms with E-state index in [-0.39, 0.29) is 18.4 Å². The SMILES string of the molecule is NC(=O)[C@@H]1C[C@H](Oc2ccccc2)CN1Cc1cccc(OC(F)(F)F)c1. The second-order valence-electron chi connectivity index (χ2n) is 6.33. The lowest BCUT2D eigenvalue weighted by Gasteiger charge is -2.21. The lowest BCUT2D eigenvalue weighted by Crippen LogP contribution is -2.39. The number of ether oxygens (including phenoxy) is 2. The molecule has 1 aliphatic heterocycles. The fraction of sp³-hybridized carbons (Fsp3) is 0.316. The minimum atomic E-state index is -4.75. The van der Waals surface area contributed by atoms with Crippen molar-refractivity contribution in [2.75, 3.05) is 6.54 Å². The van der Waals surface area contributed by atoms with Crippen molar-refractivity contribution in [3.63, 3.8) is 0 Å². The summed E-state index contributed by atoms with van der Waals surface area (Å²) in [6.07, 6.45) is -4.57. The Bertz CT molecular complexity index is 783. The largest absolute Gasteiger partial charge is 0.573 e. The van der Waals surface area contributed by atoms with Crippen LogP contribution >= 0.6 is 0 Å². The maximum atomic E-state index is 12.4. The van der Waals surface area contributed by atoms with Gasteiger partial charge < -0.3 is 15.2 Å². The van der Waals surface area contributed by atoms with Gasteiger partial charge >= 0.3 is 6.36 Å². The molecule has 1 aliphatic rings. The molecule has 0 saturated carbocycles. The van der Waals surface area contributed by atoms with Crippen LogP contribution in [0.4, 0.5) is 13.2 Å². The molecule has 1 amide bonds. The van der Waals surface area contributed by atoms with Crippen LogP contribution in [0.2, 0.25) is 0 Å². The Labute approximate surface area is 154 Å². The van der Waals surface area contributed by atoms with Gasteiger partial charge in [-0.2, -0.15) is 0 Å². The lowest BCUT2D eigenvalue weighted by atomic mass is 10.1. The standard InChI is InChI=1S/C19H19F3N2O3/c20-19(21,22)27-15-8-4-5-13(9-15)11-24-12-16(10-17(24)18(23)25)26-14-6-2-1-3-7-14/h1-9,16-17H,10-12H2,(H2,23,25)/t16-,17-/m0/s1. The van der Waals surface area contributed by atoms with Crippen molar-refractivity contribution in [3.05, 3.63) is 60.2 Å². The highest BCUT2D eigenvalue weighted by molar-refractivity contribution is 5.80. The zero-order valence-electron chi connectivity index (χ0n) is 14.4. The monoisotopic (exact) mass is 380 g/mol. The first-order valence-corrected chi connectivity index (χ1v) is 8.40. The Morgan fingerprint density at radius 3 is 2.48 bits per heavy atom. The van der Waals surface area contributed by atoms with E-state index >= 15 is 0 Å². The van der Waals surface area contributed by atoms with Crippen molar-refractivity contribution in [1.29, 1.82) is 0 Å². The molecule has 1 fully saturated rings. The number of alkyl halides is 3. The second kappa shape index (κ2) is 7.87. The Kier molecular flexibility index (Phi) is 5.55. The number of benzene rings is 2. The number of primary amides is 1. The molecule has 8 heteroatoms. The molecule has 2 aromatic rings. The van der Waals surface area contributed by atoms with Gasteiger partial charge in [0.25, 0.3) is 0 Å². The molecule has 1 heterocycles. The molecular formula is C19H19F3N2O3. The second-order valence-corrected chi connectivity index (χ2v) is 6.33. The van der Waals surface area contributed by atoms with Crippen LogP contribution in [0.15, 0.2) is 54.6 Å². The highest BCUT2D eigenvalue weighted by atomic mass is 19.4. The van der Waals surface area contributed by atoms with Crippen LogP contribution < -0.4 is 15.2 Å². The van der Waals surface area contributed by atoms with Gasteiger partial charge in [0.1, 0.15) is 17.6 Å². The normalized spacial score (nSPS) is 20.4. The van der Waals surface area contributed by atoms with E-state index in [2.05, 4.69) is 4.74 Å². The van der Waals surface area contributed by atoms with E-state index in [0.29, 0.717) is 24.3 Å². The van der Waals surface area contributed by atoms with Gasteiger partial charge in [0.15, 0.2) is 0 Å². The van der Waals surface area contributed by atoms with Crippen molar-refractivity contribution >= 4 is 5.91 Å². The van der Waals surface area contributed by atoms with Gasteiger partial charge in [0, 0.05) is 19.5 Å². The molecule has 144 valence electrons. The van der Waals surface area contributed by atoms with Crippen molar-refractivity contribution in [2.45, 2.75) is 31.5 Å². The highest BCUT2D eigenvalue weighted by Gasteiger charge is 2.37. The van der Waals surface area contributed by atoms with E-state index in [1.54, 1.807) is 6.07 Å². The summed E-state index contributed by atoms with van der Waals surface area (Å²) in [5, 5.41) is 0. The summed E-state index contributed by atoms with van der Waals surface area (Å²) < 4.78 is 47.0. The number of carbonyl (C=O) groups is 1. The van der Waals surface area contributed by atoms with Crippen LogP contribution in [-0.4, -0.2) is 35.9 Å². The van der Waals surface area contributed by atoms with Crippen LogP contribution in [0.25, 0.3) is 0 Å². The smallest absolute Gasteiger partial charge is 0.489 e. The van der Waals surface area contributed by atoms with Crippen LogP contribution in [0.5, 0.6) is 11.5 Å². The van der Waals surface area contributed by atoms with Gasteiger partial charge in [-0.1, -0.05) is 30.3 Å². The van der Waals surface area contributed by atoms with Gasteiger partial charge in [0.2, 0.25) is 5.91 Å². The van der Waals surface area contributed by atoms with Crippen molar-refractivity contribution < 1.29 is 27.4 Å². The Balaban J connectivity index is 1.69. The predicted octanol–water partition coefficient (Wildman–Crippen LogP) is 3.09. The number of para-hydroxylation sites is 1. The number of amides is 1. The maximum absolute atomic E-state index is 12.4. The van der Waals surface area contributed by atoms with Crippen LogP contribution in [0.1, 0.15) is 12.0 Å². The first kappa shape index (κ1) is 19.0. The van der Waals surface area contributed by atoms with E-state index < -0.39 is 18.3 Å². The van der Waals surface area contributed by atoms with Crippen LogP contribution in [0.3, 0.4) is 0 Å². The molecule has 0 spiro atoms. The molecule has 0 aliphatic carbocycles. The molecule has 27 heavy (non-hydrogen) atoms. The number of rotatable bonds is 6. The molecule has 5 nitrogen and oxygen atoms in total. The van der Waals surface area contributed by atoms with Crippen molar-refractivity contribution in [3.8, 4) is 11.5 Å². The third-order valence-electron chi connectivity index (χ3n) is 4.26. The number of likely N-dealkylation sites (tertiary alicyclic amines) is 1. The minimum absolute atomic E-state index is 0.237. The van der Waals surface area contributed by atoms with E-state index in [1.165, 1.54) is 18.2 Å². The predicted molar refractivity (Wildman–Crippen MR) is 92.0 cm³/mol. The van der Waals surface area contributed by atoms with Gasteiger partial charge in [0.05, 0.1) is 6.04 Å².